The van der Waals surface area contributed by atoms with Crippen LogP contribution in [0, 0.1) is 23.7 Å². The molecule has 1 aromatic heterocycles. The van der Waals surface area contributed by atoms with Gasteiger partial charge in [0.15, 0.2) is 0 Å². The zero-order chi connectivity index (χ0) is 21.5. The van der Waals surface area contributed by atoms with Crippen LogP contribution >= 0.6 is 0 Å². The SMILES string of the molecule is Cc1c(C(=O)Oc2ccc(-c3ccc(C#N)cc3)cc2)oc2c1C(O)CC(C)(C)C2. The van der Waals surface area contributed by atoms with E-state index in [4.69, 9.17) is 14.4 Å². The van der Waals surface area contributed by atoms with Crippen molar-refractivity contribution in [1.29, 1.82) is 5.26 Å². The third-order valence-corrected chi connectivity index (χ3v) is 5.59. The zero-order valence-electron chi connectivity index (χ0n) is 17.2. The second-order valence-electron chi connectivity index (χ2n) is 8.56. The molecule has 5 heteroatoms. The molecule has 2 aromatic carbocycles. The summed E-state index contributed by atoms with van der Waals surface area (Å²) < 4.78 is 11.3. The highest BCUT2D eigenvalue weighted by atomic mass is 16.5. The van der Waals surface area contributed by atoms with E-state index in [0.717, 1.165) is 16.7 Å². The average Bonchev–Trinajstić information content (AvgIpc) is 3.04. The average molecular weight is 401 g/mol. The van der Waals surface area contributed by atoms with E-state index in [1.165, 1.54) is 0 Å². The van der Waals surface area contributed by atoms with E-state index in [9.17, 15) is 9.90 Å². The highest BCUT2D eigenvalue weighted by Crippen LogP contribution is 2.44. The molecule has 1 N–H and O–H groups in total. The number of aliphatic hydroxyl groups excluding tert-OH is 1. The monoisotopic (exact) mass is 401 g/mol. The maximum atomic E-state index is 12.7. The third-order valence-electron chi connectivity index (χ3n) is 5.59. The van der Waals surface area contributed by atoms with E-state index in [1.807, 2.05) is 24.3 Å². The molecule has 1 aliphatic rings. The van der Waals surface area contributed by atoms with Gasteiger partial charge in [-0.2, -0.15) is 5.26 Å². The van der Waals surface area contributed by atoms with Gasteiger partial charge in [-0.15, -0.1) is 0 Å². The summed E-state index contributed by atoms with van der Waals surface area (Å²) in [5.74, 6) is 0.650. The Hall–Kier alpha value is -3.36. The van der Waals surface area contributed by atoms with Gasteiger partial charge in [0.2, 0.25) is 5.76 Å². The van der Waals surface area contributed by atoms with Gasteiger partial charge < -0.3 is 14.3 Å². The maximum absolute atomic E-state index is 12.7. The fourth-order valence-electron chi connectivity index (χ4n) is 4.09. The van der Waals surface area contributed by atoms with Gasteiger partial charge in [-0.25, -0.2) is 4.79 Å². The minimum Gasteiger partial charge on any atom is -0.453 e. The molecule has 30 heavy (non-hydrogen) atoms. The lowest BCUT2D eigenvalue weighted by atomic mass is 9.75. The van der Waals surface area contributed by atoms with Crippen molar-refractivity contribution in [3.63, 3.8) is 0 Å². The molecule has 0 radical (unpaired) electrons. The lowest BCUT2D eigenvalue weighted by molar-refractivity contribution is 0.0690. The number of nitrogens with zero attached hydrogens (tertiary/aromatic N) is 1. The Morgan fingerprint density at radius 2 is 1.73 bits per heavy atom. The van der Waals surface area contributed by atoms with Gasteiger partial charge in [-0.05, 0) is 54.2 Å². The number of aliphatic hydroxyl groups is 1. The van der Waals surface area contributed by atoms with Crippen molar-refractivity contribution in [2.45, 2.75) is 39.7 Å². The molecule has 0 fully saturated rings. The predicted octanol–water partition coefficient (Wildman–Crippen LogP) is 5.35. The Balaban J connectivity index is 1.53. The summed E-state index contributed by atoms with van der Waals surface area (Å²) in [6.07, 6.45) is 0.666. The van der Waals surface area contributed by atoms with E-state index in [2.05, 4.69) is 19.9 Å². The van der Waals surface area contributed by atoms with Crippen molar-refractivity contribution in [1.82, 2.24) is 0 Å². The Kier molecular flexibility index (Phi) is 4.97. The molecule has 5 nitrogen and oxygen atoms in total. The Morgan fingerprint density at radius 3 is 2.33 bits per heavy atom. The van der Waals surface area contributed by atoms with E-state index >= 15 is 0 Å². The van der Waals surface area contributed by atoms with Gasteiger partial charge in [-0.1, -0.05) is 38.1 Å². The van der Waals surface area contributed by atoms with Crippen LogP contribution in [0.25, 0.3) is 11.1 Å². The highest BCUT2D eigenvalue weighted by molar-refractivity contribution is 5.90. The van der Waals surface area contributed by atoms with Gasteiger partial charge in [0.1, 0.15) is 11.5 Å². The smallest absolute Gasteiger partial charge is 0.379 e. The van der Waals surface area contributed by atoms with Crippen LogP contribution in [0.1, 0.15) is 59.4 Å². The predicted molar refractivity (Wildman–Crippen MR) is 112 cm³/mol. The molecule has 1 heterocycles. The van der Waals surface area contributed by atoms with E-state index in [0.29, 0.717) is 35.5 Å². The van der Waals surface area contributed by atoms with Crippen molar-refractivity contribution in [3.05, 3.63) is 76.7 Å². The van der Waals surface area contributed by atoms with Crippen LogP contribution < -0.4 is 4.74 Å². The number of hydrogen-bond acceptors (Lipinski definition) is 5. The number of fused-ring (bicyclic) bond motifs is 1. The number of rotatable bonds is 3. The summed E-state index contributed by atoms with van der Waals surface area (Å²) in [5, 5.41) is 19.4. The first-order valence-corrected chi connectivity index (χ1v) is 9.90. The van der Waals surface area contributed by atoms with Gasteiger partial charge in [-0.3, -0.25) is 0 Å². The highest BCUT2D eigenvalue weighted by Gasteiger charge is 2.37. The first kappa shape index (κ1) is 19.9. The van der Waals surface area contributed by atoms with E-state index in [-0.39, 0.29) is 11.2 Å². The quantitative estimate of drug-likeness (QED) is 0.472. The van der Waals surface area contributed by atoms with Gasteiger partial charge in [0.05, 0.1) is 17.7 Å². The van der Waals surface area contributed by atoms with Crippen LogP contribution in [0.5, 0.6) is 5.75 Å². The molecule has 3 aromatic rings. The van der Waals surface area contributed by atoms with Crippen molar-refractivity contribution >= 4 is 5.97 Å². The van der Waals surface area contributed by atoms with E-state index < -0.39 is 12.1 Å². The standard InChI is InChI=1S/C25H23NO4/c1-15-22-20(27)12-25(2,3)13-21(22)30-23(15)24(28)29-19-10-8-18(9-11-19)17-6-4-16(14-26)5-7-17/h4-11,20,27H,12-13H2,1-3H3. The van der Waals surface area contributed by atoms with Crippen LogP contribution in [0.15, 0.2) is 52.9 Å². The number of carbonyl (C=O) groups excluding carboxylic acids is 1. The normalized spacial score (nSPS) is 17.1. The summed E-state index contributed by atoms with van der Waals surface area (Å²) in [5.41, 5.74) is 3.81. The first-order valence-electron chi connectivity index (χ1n) is 9.90. The molecule has 1 unspecified atom stereocenters. The Labute approximate surface area is 175 Å². The molecule has 0 saturated heterocycles. The summed E-state index contributed by atoms with van der Waals surface area (Å²) >= 11 is 0. The van der Waals surface area contributed by atoms with Crippen molar-refractivity contribution < 1.29 is 19.1 Å². The molecule has 0 amide bonds. The van der Waals surface area contributed by atoms with Crippen molar-refractivity contribution in [2.75, 3.05) is 0 Å². The first-order chi connectivity index (χ1) is 14.3. The summed E-state index contributed by atoms with van der Waals surface area (Å²) in [6, 6.07) is 16.5. The molecule has 0 aliphatic heterocycles. The molecule has 0 spiro atoms. The second-order valence-corrected chi connectivity index (χ2v) is 8.56. The van der Waals surface area contributed by atoms with Crippen LogP contribution in [-0.2, 0) is 6.42 Å². The van der Waals surface area contributed by atoms with Crippen LogP contribution in [0.4, 0.5) is 0 Å². The number of ether oxygens (including phenoxy) is 1. The molecule has 1 atom stereocenters. The van der Waals surface area contributed by atoms with Crippen LogP contribution in [-0.4, -0.2) is 11.1 Å². The Morgan fingerprint density at radius 1 is 1.13 bits per heavy atom. The zero-order valence-corrected chi connectivity index (χ0v) is 17.2. The number of carbonyl (C=O) groups is 1. The van der Waals surface area contributed by atoms with Gasteiger partial charge in [0, 0.05) is 17.5 Å². The number of furan rings is 1. The lowest BCUT2D eigenvalue weighted by Crippen LogP contribution is -2.24. The van der Waals surface area contributed by atoms with Crippen LogP contribution in [0.3, 0.4) is 0 Å². The van der Waals surface area contributed by atoms with Gasteiger partial charge in [0.25, 0.3) is 0 Å². The lowest BCUT2D eigenvalue weighted by Gasteiger charge is -2.31. The van der Waals surface area contributed by atoms with E-state index in [1.54, 1.807) is 31.2 Å². The topological polar surface area (TPSA) is 83.5 Å². The third kappa shape index (κ3) is 3.74. The Bertz CT molecular complexity index is 1130. The molecule has 152 valence electrons. The number of hydrogen-bond donors (Lipinski definition) is 1. The van der Waals surface area contributed by atoms with Crippen molar-refractivity contribution in [3.8, 4) is 22.9 Å². The molecular weight excluding hydrogens is 378 g/mol. The molecule has 0 bridgehead atoms. The summed E-state index contributed by atoms with van der Waals surface area (Å²) in [4.78, 5) is 12.7. The molecule has 0 saturated carbocycles. The molecule has 4 rings (SSSR count). The fourth-order valence-corrected chi connectivity index (χ4v) is 4.09. The molecular formula is C25H23NO4. The van der Waals surface area contributed by atoms with Crippen molar-refractivity contribution in [2.24, 2.45) is 5.41 Å². The number of esters is 1. The minimum atomic E-state index is -0.638. The maximum Gasteiger partial charge on any atom is 0.379 e. The van der Waals surface area contributed by atoms with Crippen LogP contribution in [0.2, 0.25) is 0 Å². The number of benzene rings is 2. The summed E-state index contributed by atoms with van der Waals surface area (Å²) in [7, 11) is 0. The number of nitriles is 1. The fraction of sp³-hybridized carbons (Fsp3) is 0.280. The second kappa shape index (κ2) is 7.47. The summed E-state index contributed by atoms with van der Waals surface area (Å²) in [6.45, 7) is 5.93. The van der Waals surface area contributed by atoms with Gasteiger partial charge >= 0.3 is 5.97 Å². The molecule has 1 aliphatic carbocycles. The minimum absolute atomic E-state index is 0.0842. The largest absolute Gasteiger partial charge is 0.453 e.